The summed E-state index contributed by atoms with van der Waals surface area (Å²) in [5, 5.41) is 9.33. The van der Waals surface area contributed by atoms with E-state index in [1.54, 1.807) is 26.0 Å². The molecule has 0 saturated carbocycles. The van der Waals surface area contributed by atoms with Gasteiger partial charge in [-0.25, -0.2) is 0 Å². The maximum Gasteiger partial charge on any atom is 0.310 e. The van der Waals surface area contributed by atoms with Gasteiger partial charge in [-0.05, 0) is 37.1 Å². The van der Waals surface area contributed by atoms with E-state index in [1.165, 1.54) is 0 Å². The molecule has 0 N–H and O–H groups in total. The van der Waals surface area contributed by atoms with E-state index in [0.29, 0.717) is 22.8 Å². The van der Waals surface area contributed by atoms with E-state index in [1.807, 2.05) is 6.07 Å². The van der Waals surface area contributed by atoms with Crippen LogP contribution >= 0.6 is 11.6 Å². The minimum atomic E-state index is -0.334. The first kappa shape index (κ1) is 12.5. The van der Waals surface area contributed by atoms with Gasteiger partial charge >= 0.3 is 5.97 Å². The number of nitrogens with zero attached hydrogens (tertiary/aromatic N) is 1. The fraction of sp³-hybridized carbons (Fsp3) is 0.333. The van der Waals surface area contributed by atoms with Crippen LogP contribution in [0.15, 0.2) is 12.1 Å². The zero-order chi connectivity index (χ0) is 12.1. The first-order valence-electron chi connectivity index (χ1n) is 4.93. The highest BCUT2D eigenvalue weighted by Gasteiger charge is 2.11. The third-order valence-corrected chi connectivity index (χ3v) is 2.64. The van der Waals surface area contributed by atoms with Gasteiger partial charge in [0.1, 0.15) is 0 Å². The normalized spacial score (nSPS) is 9.62. The standard InChI is InChI=1S/C12H12ClNO2/c1-3-16-11(15)6-10-5-9(7-14)4-8(2)12(10)13/h4-5H,3,6H2,1-2H3. The van der Waals surface area contributed by atoms with Crippen molar-refractivity contribution in [3.8, 4) is 6.07 Å². The number of esters is 1. The fourth-order valence-corrected chi connectivity index (χ4v) is 1.58. The number of carbonyl (C=O) groups excluding carboxylic acids is 1. The molecule has 16 heavy (non-hydrogen) atoms. The topological polar surface area (TPSA) is 50.1 Å². The minimum Gasteiger partial charge on any atom is -0.466 e. The molecule has 0 aliphatic heterocycles. The molecule has 84 valence electrons. The molecule has 0 unspecified atom stereocenters. The second-order valence-corrected chi connectivity index (χ2v) is 3.74. The number of halogens is 1. The Balaban J connectivity index is 3.00. The predicted molar refractivity (Wildman–Crippen MR) is 61.2 cm³/mol. The van der Waals surface area contributed by atoms with Crippen molar-refractivity contribution in [2.45, 2.75) is 20.3 Å². The van der Waals surface area contributed by atoms with Crippen LogP contribution in [0.5, 0.6) is 0 Å². The number of nitriles is 1. The van der Waals surface area contributed by atoms with Gasteiger partial charge in [-0.3, -0.25) is 4.79 Å². The third kappa shape index (κ3) is 2.98. The molecule has 1 aromatic carbocycles. The van der Waals surface area contributed by atoms with Gasteiger partial charge in [-0.15, -0.1) is 0 Å². The van der Waals surface area contributed by atoms with Crippen molar-refractivity contribution >= 4 is 17.6 Å². The number of hydrogen-bond donors (Lipinski definition) is 0. The summed E-state index contributed by atoms with van der Waals surface area (Å²) < 4.78 is 4.83. The SMILES string of the molecule is CCOC(=O)Cc1cc(C#N)cc(C)c1Cl. The van der Waals surface area contributed by atoms with Crippen LogP contribution in [-0.4, -0.2) is 12.6 Å². The summed E-state index contributed by atoms with van der Waals surface area (Å²) in [5.41, 5.74) is 1.93. The summed E-state index contributed by atoms with van der Waals surface area (Å²) in [5.74, 6) is -0.334. The Morgan fingerprint density at radius 3 is 2.81 bits per heavy atom. The first-order valence-corrected chi connectivity index (χ1v) is 5.31. The lowest BCUT2D eigenvalue weighted by atomic mass is 10.0. The molecule has 0 fully saturated rings. The Bertz CT molecular complexity index is 449. The van der Waals surface area contributed by atoms with Gasteiger partial charge in [0.05, 0.1) is 24.7 Å². The minimum absolute atomic E-state index is 0.100. The molecule has 0 aromatic heterocycles. The molecule has 4 heteroatoms. The lowest BCUT2D eigenvalue weighted by molar-refractivity contribution is -0.142. The van der Waals surface area contributed by atoms with E-state index in [2.05, 4.69) is 0 Å². The lowest BCUT2D eigenvalue weighted by Gasteiger charge is -2.07. The maximum atomic E-state index is 11.3. The molecule has 0 amide bonds. The third-order valence-electron chi connectivity index (χ3n) is 2.10. The molecule has 0 aliphatic rings. The molecule has 0 radical (unpaired) electrons. The summed E-state index contributed by atoms with van der Waals surface area (Å²) in [4.78, 5) is 11.3. The van der Waals surface area contributed by atoms with Crippen LogP contribution in [0.2, 0.25) is 5.02 Å². The van der Waals surface area contributed by atoms with Crippen molar-refractivity contribution in [1.29, 1.82) is 5.26 Å². The number of benzene rings is 1. The maximum absolute atomic E-state index is 11.3. The number of ether oxygens (including phenoxy) is 1. The van der Waals surface area contributed by atoms with Gasteiger partial charge in [-0.1, -0.05) is 11.6 Å². The molecule has 3 nitrogen and oxygen atoms in total. The van der Waals surface area contributed by atoms with Crippen molar-refractivity contribution in [3.63, 3.8) is 0 Å². The van der Waals surface area contributed by atoms with Crippen LogP contribution in [0.25, 0.3) is 0 Å². The summed E-state index contributed by atoms with van der Waals surface area (Å²) in [6.07, 6.45) is 0.100. The Morgan fingerprint density at radius 2 is 2.25 bits per heavy atom. The van der Waals surface area contributed by atoms with E-state index in [9.17, 15) is 4.79 Å². The Hall–Kier alpha value is -1.53. The molecule has 0 atom stereocenters. The molecular weight excluding hydrogens is 226 g/mol. The van der Waals surface area contributed by atoms with Crippen LogP contribution in [0, 0.1) is 18.3 Å². The zero-order valence-corrected chi connectivity index (χ0v) is 9.97. The van der Waals surface area contributed by atoms with Crippen LogP contribution in [0.3, 0.4) is 0 Å². The molecule has 0 bridgehead atoms. The summed E-state index contributed by atoms with van der Waals surface area (Å²) in [6.45, 7) is 3.89. The van der Waals surface area contributed by atoms with Crippen molar-refractivity contribution in [2.75, 3.05) is 6.61 Å². The fourth-order valence-electron chi connectivity index (χ4n) is 1.40. The van der Waals surface area contributed by atoms with Crippen LogP contribution in [0.4, 0.5) is 0 Å². The van der Waals surface area contributed by atoms with Gasteiger partial charge in [0.15, 0.2) is 0 Å². The van der Waals surface area contributed by atoms with E-state index in [-0.39, 0.29) is 12.4 Å². The van der Waals surface area contributed by atoms with E-state index in [0.717, 1.165) is 5.56 Å². The van der Waals surface area contributed by atoms with E-state index >= 15 is 0 Å². The number of carbonyl (C=O) groups is 1. The predicted octanol–water partition coefficient (Wildman–Crippen LogP) is 2.63. The molecule has 1 rings (SSSR count). The molecule has 1 aromatic rings. The lowest BCUT2D eigenvalue weighted by Crippen LogP contribution is -2.08. The summed E-state index contributed by atoms with van der Waals surface area (Å²) >= 11 is 6.05. The van der Waals surface area contributed by atoms with Crippen molar-refractivity contribution in [1.82, 2.24) is 0 Å². The Kier molecular flexibility index (Phi) is 4.33. The molecule has 0 aliphatic carbocycles. The molecule has 0 heterocycles. The Morgan fingerprint density at radius 1 is 1.56 bits per heavy atom. The number of rotatable bonds is 3. The van der Waals surface area contributed by atoms with E-state index < -0.39 is 0 Å². The van der Waals surface area contributed by atoms with Crippen molar-refractivity contribution < 1.29 is 9.53 Å². The molecule has 0 saturated heterocycles. The van der Waals surface area contributed by atoms with Crippen LogP contribution in [0.1, 0.15) is 23.6 Å². The van der Waals surface area contributed by atoms with Gasteiger partial charge < -0.3 is 4.74 Å². The van der Waals surface area contributed by atoms with Crippen LogP contribution < -0.4 is 0 Å². The van der Waals surface area contributed by atoms with Crippen molar-refractivity contribution in [2.24, 2.45) is 0 Å². The molecule has 0 spiro atoms. The highest BCUT2D eigenvalue weighted by atomic mass is 35.5. The van der Waals surface area contributed by atoms with Gasteiger partial charge in [0.2, 0.25) is 0 Å². The molecular formula is C12H12ClNO2. The first-order chi connectivity index (χ1) is 7.58. The van der Waals surface area contributed by atoms with Crippen molar-refractivity contribution in [3.05, 3.63) is 33.8 Å². The van der Waals surface area contributed by atoms with Crippen LogP contribution in [-0.2, 0) is 16.0 Å². The van der Waals surface area contributed by atoms with Gasteiger partial charge in [-0.2, -0.15) is 5.26 Å². The van der Waals surface area contributed by atoms with Gasteiger partial charge in [0.25, 0.3) is 0 Å². The second kappa shape index (κ2) is 5.53. The average Bonchev–Trinajstić information content (AvgIpc) is 2.24. The smallest absolute Gasteiger partial charge is 0.310 e. The zero-order valence-electron chi connectivity index (χ0n) is 9.21. The summed E-state index contributed by atoms with van der Waals surface area (Å²) in [7, 11) is 0. The van der Waals surface area contributed by atoms with E-state index in [4.69, 9.17) is 21.6 Å². The largest absolute Gasteiger partial charge is 0.466 e. The summed E-state index contributed by atoms with van der Waals surface area (Å²) in [6, 6.07) is 5.34. The average molecular weight is 238 g/mol. The monoisotopic (exact) mass is 237 g/mol. The quantitative estimate of drug-likeness (QED) is 0.760. The number of aryl methyl sites for hydroxylation is 1. The highest BCUT2D eigenvalue weighted by molar-refractivity contribution is 6.32. The number of hydrogen-bond acceptors (Lipinski definition) is 3. The van der Waals surface area contributed by atoms with Gasteiger partial charge in [0, 0.05) is 5.02 Å². The highest BCUT2D eigenvalue weighted by Crippen LogP contribution is 2.23. The second-order valence-electron chi connectivity index (χ2n) is 3.36. The Labute approximate surface area is 99.6 Å².